The van der Waals surface area contributed by atoms with E-state index in [4.69, 9.17) is 24.7 Å². The Kier molecular flexibility index (Phi) is 14.1. The number of rotatable bonds is 12. The number of nitrogens with zero attached hydrogens (tertiary/aromatic N) is 7. The third-order valence-electron chi connectivity index (χ3n) is 16.9. The molecule has 0 spiro atoms. The molecule has 0 saturated carbocycles. The van der Waals surface area contributed by atoms with Crippen molar-refractivity contribution >= 4 is 39.2 Å². The van der Waals surface area contributed by atoms with Crippen molar-refractivity contribution in [3.05, 3.63) is 258 Å². The molecule has 4 heterocycles. The summed E-state index contributed by atoms with van der Waals surface area (Å²) in [6, 6.07) is 74.8. The summed E-state index contributed by atoms with van der Waals surface area (Å²) in [5.41, 5.74) is 13.9. The molecule has 0 N–H and O–H groups in total. The van der Waals surface area contributed by atoms with E-state index in [0.717, 1.165) is 77.9 Å². The summed E-state index contributed by atoms with van der Waals surface area (Å²) in [5.74, 6) is 3.85. The number of hydrogen-bond acceptors (Lipinski definition) is 5. The van der Waals surface area contributed by atoms with Gasteiger partial charge in [-0.15, -0.1) is 0 Å². The van der Waals surface area contributed by atoms with Crippen LogP contribution in [0.1, 0.15) is 129 Å². The molecule has 85 heavy (non-hydrogen) atoms. The molecule has 12 rings (SSSR count). The lowest BCUT2D eigenvalue weighted by atomic mass is 9.82. The fourth-order valence-electron chi connectivity index (χ4n) is 11.5. The minimum Gasteiger partial charge on any atom is -0.456 e. The highest BCUT2D eigenvalue weighted by molar-refractivity contribution is 6.11. The fraction of sp³-hybridized carbons (Fsp3) is 0.234. The Labute approximate surface area is 501 Å². The van der Waals surface area contributed by atoms with Gasteiger partial charge in [0.05, 0.1) is 33.8 Å². The maximum Gasteiger partial charge on any atom is 0.501 e. The van der Waals surface area contributed by atoms with E-state index in [1.807, 2.05) is 47.2 Å². The highest BCUT2D eigenvalue weighted by Crippen LogP contribution is 2.45. The van der Waals surface area contributed by atoms with Crippen LogP contribution in [-0.4, -0.2) is 39.7 Å². The van der Waals surface area contributed by atoms with Gasteiger partial charge in [-0.25, -0.2) is 19.9 Å². The van der Waals surface area contributed by atoms with Gasteiger partial charge in [0.25, 0.3) is 12.4 Å². The van der Waals surface area contributed by atoms with Crippen LogP contribution in [0.3, 0.4) is 0 Å². The molecule has 0 fully saturated rings. The standard InChI is InChI=1S/C77H75N7O/c1-73(2,3)53-37-33-51(34-38-53)60-30-23-31-61(52-35-39-54(40-36-52)74(4,5)6)69(60)83-45-44-82(50-83)58-28-22-29-59(47-58)85-67-49-66-63(62-46-57(75(7,8)9)41-42-65(62)84(66)68-32-20-21-43-78-68)48-64(67)70-79-71(76(10,11)55-24-16-14-17-25-55)81-72(80-70)77(12,13)56-26-18-15-19-27-56/h14-49H,1-13H3/q+2. The first kappa shape index (κ1) is 56.1. The van der Waals surface area contributed by atoms with E-state index >= 15 is 0 Å². The summed E-state index contributed by atoms with van der Waals surface area (Å²) in [6.07, 6.45) is 6.01. The van der Waals surface area contributed by atoms with Gasteiger partial charge in [0.2, 0.25) is 11.4 Å². The van der Waals surface area contributed by atoms with Crippen molar-refractivity contribution in [1.82, 2.24) is 24.5 Å². The smallest absolute Gasteiger partial charge is 0.456 e. The van der Waals surface area contributed by atoms with Gasteiger partial charge in [0.1, 0.15) is 29.0 Å². The summed E-state index contributed by atoms with van der Waals surface area (Å²) in [5, 5.41) is 2.12. The van der Waals surface area contributed by atoms with Crippen molar-refractivity contribution in [2.45, 2.75) is 117 Å². The second kappa shape index (κ2) is 21.4. The van der Waals surface area contributed by atoms with Crippen molar-refractivity contribution in [1.29, 1.82) is 0 Å². The Morgan fingerprint density at radius 2 is 0.929 bits per heavy atom. The largest absolute Gasteiger partial charge is 0.501 e. The normalized spacial score (nSPS) is 13.1. The fourth-order valence-corrected chi connectivity index (χ4v) is 11.5. The predicted molar refractivity (Wildman–Crippen MR) is 348 cm³/mol. The van der Waals surface area contributed by atoms with Crippen LogP contribution in [-0.2, 0) is 27.1 Å². The minimum atomic E-state index is -0.601. The van der Waals surface area contributed by atoms with Crippen molar-refractivity contribution in [3.63, 3.8) is 0 Å². The van der Waals surface area contributed by atoms with Gasteiger partial charge in [-0.2, -0.15) is 0 Å². The number of benzene rings is 8. The first-order valence-electron chi connectivity index (χ1n) is 29.6. The average Bonchev–Trinajstić information content (AvgIpc) is 3.30. The van der Waals surface area contributed by atoms with Crippen LogP contribution in [0.4, 0.5) is 11.4 Å². The van der Waals surface area contributed by atoms with Crippen LogP contribution in [0.25, 0.3) is 61.3 Å². The molecule has 0 saturated heterocycles. The molecule has 0 aliphatic carbocycles. The van der Waals surface area contributed by atoms with E-state index < -0.39 is 10.8 Å². The average molecular weight is 1110 g/mol. The van der Waals surface area contributed by atoms with Crippen molar-refractivity contribution in [2.75, 3.05) is 0 Å². The third-order valence-corrected chi connectivity index (χ3v) is 16.9. The molecule has 8 heteroatoms. The molecule has 0 atom stereocenters. The number of fused-ring (bicyclic) bond motifs is 3. The van der Waals surface area contributed by atoms with Gasteiger partial charge >= 0.3 is 6.01 Å². The van der Waals surface area contributed by atoms with E-state index in [1.54, 1.807) is 0 Å². The number of hydrogen-bond donors (Lipinski definition) is 0. The molecule has 8 nitrogen and oxygen atoms in total. The predicted octanol–water partition coefficient (Wildman–Crippen LogP) is 19.3. The van der Waals surface area contributed by atoms with Crippen LogP contribution in [0.2, 0.25) is 0 Å². The number of pyridine rings is 1. The van der Waals surface area contributed by atoms with Gasteiger partial charge in [0.15, 0.2) is 5.82 Å². The van der Waals surface area contributed by atoms with Crippen molar-refractivity contribution in [2.24, 2.45) is 0 Å². The van der Waals surface area contributed by atoms with Gasteiger partial charge in [-0.05, 0) is 131 Å². The summed E-state index contributed by atoms with van der Waals surface area (Å²) in [6.45, 7) is 29.1. The number of ether oxygens (including phenoxy) is 1. The van der Waals surface area contributed by atoms with E-state index in [9.17, 15) is 0 Å². The van der Waals surface area contributed by atoms with Gasteiger partial charge in [-0.1, -0.05) is 205 Å². The van der Waals surface area contributed by atoms with Gasteiger partial charge in [-0.3, -0.25) is 4.57 Å². The zero-order chi connectivity index (χ0) is 59.6. The first-order valence-corrected chi connectivity index (χ1v) is 29.6. The molecule has 11 aromatic rings. The molecule has 3 aromatic heterocycles. The van der Waals surface area contributed by atoms with E-state index in [2.05, 4.69) is 281 Å². The number of aromatic nitrogens is 5. The minimum absolute atomic E-state index is 0.0275. The lowest BCUT2D eigenvalue weighted by Crippen LogP contribution is -2.29. The molecule has 8 aromatic carbocycles. The van der Waals surface area contributed by atoms with Crippen molar-refractivity contribution in [3.8, 4) is 51.0 Å². The SMILES string of the molecule is CC(C)(C)c1ccc(-c2cccc(-c3ccc(C(C)(C)C)cc3)c2[N+]2=C=[N+](c3cccc(Oc4cc5c(cc4-c4nc(C(C)(C)c6ccccc6)nc(C(C)(C)c6ccccc6)n4)c4cc(C(C)(C)C)ccc4n5-c4ccccn4)c3)C=C2)cc1. The molecule has 0 unspecified atom stereocenters. The Morgan fingerprint density at radius 3 is 1.47 bits per heavy atom. The summed E-state index contributed by atoms with van der Waals surface area (Å²) in [7, 11) is 0. The first-order chi connectivity index (χ1) is 40.5. The molecule has 1 aliphatic heterocycles. The Bertz CT molecular complexity index is 4290. The second-order valence-corrected chi connectivity index (χ2v) is 26.8. The Balaban J connectivity index is 1.06. The van der Waals surface area contributed by atoms with Crippen molar-refractivity contribution < 1.29 is 13.9 Å². The topological polar surface area (TPSA) is 71.7 Å². The lowest BCUT2D eigenvalue weighted by Gasteiger charge is -2.29. The maximum absolute atomic E-state index is 7.36. The monoisotopic (exact) mass is 1110 g/mol. The molecular formula is C77H75N7O+2. The van der Waals surface area contributed by atoms with Crippen LogP contribution in [0.5, 0.6) is 11.5 Å². The van der Waals surface area contributed by atoms with E-state index in [-0.39, 0.29) is 16.2 Å². The molecule has 422 valence electrons. The lowest BCUT2D eigenvalue weighted by molar-refractivity contribution is -0.386. The number of para-hydroxylation sites is 1. The molecule has 0 bridgehead atoms. The molecule has 1 aliphatic rings. The maximum atomic E-state index is 7.36. The highest BCUT2D eigenvalue weighted by atomic mass is 16.5. The molecular weight excluding hydrogens is 1040 g/mol. The molecule has 0 amide bonds. The quantitative estimate of drug-likeness (QED) is 0.114. The Hall–Kier alpha value is -9.36. The zero-order valence-corrected chi connectivity index (χ0v) is 51.3. The van der Waals surface area contributed by atoms with E-state index in [1.165, 1.54) is 16.7 Å². The van der Waals surface area contributed by atoms with E-state index in [0.29, 0.717) is 29.0 Å². The highest BCUT2D eigenvalue weighted by Gasteiger charge is 2.35. The summed E-state index contributed by atoms with van der Waals surface area (Å²) in [4.78, 5) is 21.4. The summed E-state index contributed by atoms with van der Waals surface area (Å²) >= 11 is 0. The summed E-state index contributed by atoms with van der Waals surface area (Å²) < 4.78 is 13.8. The Morgan fingerprint density at radius 1 is 0.412 bits per heavy atom. The third kappa shape index (κ3) is 10.8. The van der Waals surface area contributed by atoms with Gasteiger partial charge < -0.3 is 4.74 Å². The van der Waals surface area contributed by atoms with Crippen LogP contribution in [0, 0.1) is 0 Å². The van der Waals surface area contributed by atoms with Gasteiger partial charge in [0, 0.05) is 39.9 Å². The second-order valence-electron chi connectivity index (χ2n) is 26.8. The zero-order valence-electron chi connectivity index (χ0n) is 51.3. The van der Waals surface area contributed by atoms with Crippen LogP contribution >= 0.6 is 0 Å². The van der Waals surface area contributed by atoms with Crippen LogP contribution < -0.4 is 4.74 Å². The van der Waals surface area contributed by atoms with Crippen LogP contribution in [0.15, 0.2) is 219 Å². The molecule has 0 radical (unpaired) electrons.